The van der Waals surface area contributed by atoms with Crippen LogP contribution in [0.25, 0.3) is 10.9 Å². The van der Waals surface area contributed by atoms with Gasteiger partial charge in [0.2, 0.25) is 0 Å². The van der Waals surface area contributed by atoms with Crippen LogP contribution in [-0.2, 0) is 9.59 Å². The van der Waals surface area contributed by atoms with E-state index in [9.17, 15) is 19.7 Å². The molecule has 0 bridgehead atoms. The van der Waals surface area contributed by atoms with Gasteiger partial charge in [0, 0.05) is 62.1 Å². The van der Waals surface area contributed by atoms with Gasteiger partial charge in [-0.2, -0.15) is 0 Å². The van der Waals surface area contributed by atoms with Crippen LogP contribution in [0, 0.1) is 17.0 Å². The number of nitro benzene ring substituents is 1. The van der Waals surface area contributed by atoms with Gasteiger partial charge in [0.05, 0.1) is 4.92 Å². The number of likely N-dealkylation sites (tertiary alicyclic amines) is 1. The summed E-state index contributed by atoms with van der Waals surface area (Å²) in [7, 11) is 0. The summed E-state index contributed by atoms with van der Waals surface area (Å²) in [5.74, 6) is -0.838. The average Bonchev–Trinajstić information content (AvgIpc) is 3.26. The molecule has 1 aromatic carbocycles. The second-order valence-corrected chi connectivity index (χ2v) is 7.49. The molecule has 0 spiro atoms. The molecule has 0 aliphatic carbocycles. The van der Waals surface area contributed by atoms with Gasteiger partial charge in [-0.1, -0.05) is 12.1 Å². The molecule has 0 saturated carbocycles. The van der Waals surface area contributed by atoms with Crippen LogP contribution >= 0.6 is 0 Å². The number of anilines is 1. The summed E-state index contributed by atoms with van der Waals surface area (Å²) in [4.78, 5) is 45.6. The molecule has 9 heteroatoms. The summed E-state index contributed by atoms with van der Waals surface area (Å²) in [5, 5.41) is 12.1. The molecule has 2 amide bonds. The molecule has 2 fully saturated rings. The number of fused-ring (bicyclic) bond motifs is 1. The zero-order valence-electron chi connectivity index (χ0n) is 16.3. The van der Waals surface area contributed by atoms with Crippen molar-refractivity contribution in [2.24, 2.45) is 0 Å². The molecule has 29 heavy (non-hydrogen) atoms. The van der Waals surface area contributed by atoms with Crippen LogP contribution in [0.15, 0.2) is 24.3 Å². The number of rotatable bonds is 2. The minimum absolute atomic E-state index is 0.0162. The third-order valence-electron chi connectivity index (χ3n) is 5.60. The second-order valence-electron chi connectivity index (χ2n) is 7.49. The molecular weight excluding hydrogens is 374 g/mol. The third-order valence-corrected chi connectivity index (χ3v) is 5.60. The van der Waals surface area contributed by atoms with E-state index in [4.69, 9.17) is 0 Å². The maximum Gasteiger partial charge on any atom is 0.312 e. The van der Waals surface area contributed by atoms with E-state index in [1.165, 1.54) is 6.07 Å². The highest BCUT2D eigenvalue weighted by Gasteiger charge is 2.31. The zero-order valence-corrected chi connectivity index (χ0v) is 16.3. The molecule has 0 atom stereocenters. The first-order valence-electron chi connectivity index (χ1n) is 9.83. The van der Waals surface area contributed by atoms with Crippen molar-refractivity contribution >= 4 is 34.1 Å². The number of aromatic nitrogens is 1. The van der Waals surface area contributed by atoms with E-state index in [1.54, 1.807) is 15.9 Å². The number of nitrogens with zero attached hydrogens (tertiary/aromatic N) is 5. The standard InChI is InChI=1S/C20H23N5O4/c1-14-13-17(15-5-4-6-16(25(28)29)18(15)21-14)22-9-11-24(12-10-22)20(27)19(26)23-7-2-3-8-23/h4-6,13H,2-3,7-12H2,1H3. The molecule has 9 nitrogen and oxygen atoms in total. The summed E-state index contributed by atoms with van der Waals surface area (Å²) >= 11 is 0. The maximum atomic E-state index is 12.5. The number of para-hydroxylation sites is 1. The number of non-ortho nitro benzene ring substituents is 1. The van der Waals surface area contributed by atoms with Gasteiger partial charge in [0.1, 0.15) is 0 Å². The summed E-state index contributed by atoms with van der Waals surface area (Å²) in [6.07, 6.45) is 1.90. The SMILES string of the molecule is Cc1cc(N2CCN(C(=O)C(=O)N3CCCC3)CC2)c2cccc([N+](=O)[O-])c2n1. The van der Waals surface area contributed by atoms with Gasteiger partial charge in [-0.25, -0.2) is 4.98 Å². The highest BCUT2D eigenvalue weighted by molar-refractivity contribution is 6.35. The first kappa shape index (κ1) is 19.1. The number of benzene rings is 1. The predicted octanol–water partition coefficient (Wildman–Crippen LogP) is 1.72. The Balaban J connectivity index is 1.53. The van der Waals surface area contributed by atoms with Gasteiger partial charge in [-0.3, -0.25) is 19.7 Å². The monoisotopic (exact) mass is 397 g/mol. The van der Waals surface area contributed by atoms with Crippen LogP contribution in [0.5, 0.6) is 0 Å². The van der Waals surface area contributed by atoms with Gasteiger partial charge in [-0.15, -0.1) is 0 Å². The molecule has 2 aromatic rings. The number of hydrogen-bond donors (Lipinski definition) is 0. The van der Waals surface area contributed by atoms with Crippen molar-refractivity contribution in [1.29, 1.82) is 0 Å². The predicted molar refractivity (Wildman–Crippen MR) is 108 cm³/mol. The Morgan fingerprint density at radius 1 is 1.00 bits per heavy atom. The molecule has 0 unspecified atom stereocenters. The minimum Gasteiger partial charge on any atom is -0.367 e. The topological polar surface area (TPSA) is 99.9 Å². The Kier molecular flexibility index (Phi) is 5.04. The number of aryl methyl sites for hydroxylation is 1. The minimum atomic E-state index is -0.432. The Morgan fingerprint density at radius 3 is 2.24 bits per heavy atom. The van der Waals surface area contributed by atoms with E-state index in [0.717, 1.165) is 23.9 Å². The van der Waals surface area contributed by atoms with Gasteiger partial charge < -0.3 is 14.7 Å². The largest absolute Gasteiger partial charge is 0.367 e. The number of carbonyl (C=O) groups excluding carboxylic acids is 2. The number of amides is 2. The van der Waals surface area contributed by atoms with Gasteiger partial charge in [-0.05, 0) is 25.8 Å². The van der Waals surface area contributed by atoms with Crippen LogP contribution in [-0.4, -0.2) is 70.8 Å². The Labute approximate surface area is 168 Å². The maximum absolute atomic E-state index is 12.5. The van der Waals surface area contributed by atoms with Crippen LogP contribution in [0.1, 0.15) is 18.5 Å². The number of piperazine rings is 1. The second kappa shape index (κ2) is 7.65. The summed E-state index contributed by atoms with van der Waals surface area (Å²) in [5.41, 5.74) is 1.92. The Hall–Kier alpha value is -3.23. The van der Waals surface area contributed by atoms with Gasteiger partial charge >= 0.3 is 11.8 Å². The van der Waals surface area contributed by atoms with Gasteiger partial charge in [0.25, 0.3) is 5.69 Å². The van der Waals surface area contributed by atoms with Crippen molar-refractivity contribution in [1.82, 2.24) is 14.8 Å². The Bertz CT molecular complexity index is 978. The van der Waals surface area contributed by atoms with Crippen LogP contribution in [0.2, 0.25) is 0 Å². The molecule has 2 aliphatic rings. The van der Waals surface area contributed by atoms with E-state index >= 15 is 0 Å². The fourth-order valence-corrected chi connectivity index (χ4v) is 4.09. The van der Waals surface area contributed by atoms with Crippen molar-refractivity contribution < 1.29 is 14.5 Å². The molecular formula is C20H23N5O4. The van der Waals surface area contributed by atoms with Crippen molar-refractivity contribution in [3.63, 3.8) is 0 Å². The summed E-state index contributed by atoms with van der Waals surface area (Å²) in [6, 6.07) is 6.87. The molecule has 0 N–H and O–H groups in total. The normalized spacial score (nSPS) is 17.1. The zero-order chi connectivity index (χ0) is 20.5. The number of pyridine rings is 1. The van der Waals surface area contributed by atoms with Crippen LogP contribution < -0.4 is 4.90 Å². The molecule has 2 saturated heterocycles. The number of hydrogen-bond acceptors (Lipinski definition) is 6. The highest BCUT2D eigenvalue weighted by atomic mass is 16.6. The first-order chi connectivity index (χ1) is 14.0. The van der Waals surface area contributed by atoms with Crippen LogP contribution in [0.4, 0.5) is 11.4 Å². The fourth-order valence-electron chi connectivity index (χ4n) is 4.09. The molecule has 4 rings (SSSR count). The van der Waals surface area contributed by atoms with Crippen molar-refractivity contribution in [2.75, 3.05) is 44.2 Å². The van der Waals surface area contributed by atoms with E-state index in [1.807, 2.05) is 19.1 Å². The smallest absolute Gasteiger partial charge is 0.312 e. The Morgan fingerprint density at radius 2 is 1.62 bits per heavy atom. The molecule has 0 radical (unpaired) electrons. The first-order valence-corrected chi connectivity index (χ1v) is 9.83. The van der Waals surface area contributed by atoms with Gasteiger partial charge in [0.15, 0.2) is 5.52 Å². The molecule has 1 aromatic heterocycles. The quantitative estimate of drug-likeness (QED) is 0.435. The molecule has 2 aliphatic heterocycles. The van der Waals surface area contributed by atoms with E-state index in [-0.39, 0.29) is 5.69 Å². The number of carbonyl (C=O) groups is 2. The lowest BCUT2D eigenvalue weighted by Gasteiger charge is -2.36. The average molecular weight is 397 g/mol. The van der Waals surface area contributed by atoms with Crippen molar-refractivity contribution in [3.05, 3.63) is 40.1 Å². The lowest BCUT2D eigenvalue weighted by atomic mass is 10.1. The lowest BCUT2D eigenvalue weighted by Crippen LogP contribution is -2.53. The van der Waals surface area contributed by atoms with Crippen molar-refractivity contribution in [3.8, 4) is 0 Å². The fraction of sp³-hybridized carbons (Fsp3) is 0.450. The third kappa shape index (κ3) is 3.59. The highest BCUT2D eigenvalue weighted by Crippen LogP contribution is 2.32. The molecule has 152 valence electrons. The van der Waals surface area contributed by atoms with E-state index < -0.39 is 16.7 Å². The lowest BCUT2D eigenvalue weighted by molar-refractivity contribution is -0.383. The van der Waals surface area contributed by atoms with Crippen molar-refractivity contribution in [2.45, 2.75) is 19.8 Å². The summed E-state index contributed by atoms with van der Waals surface area (Å²) < 4.78 is 0. The van der Waals surface area contributed by atoms with E-state index in [0.29, 0.717) is 50.5 Å². The number of nitro groups is 1. The summed E-state index contributed by atoms with van der Waals surface area (Å²) in [6.45, 7) is 5.12. The molecule has 3 heterocycles. The van der Waals surface area contributed by atoms with Crippen LogP contribution in [0.3, 0.4) is 0 Å². The van der Waals surface area contributed by atoms with E-state index in [2.05, 4.69) is 9.88 Å².